The smallest absolute Gasteiger partial charge is 0.0970 e. The molecule has 1 atom stereocenters. The van der Waals surface area contributed by atoms with Gasteiger partial charge in [0.1, 0.15) is 0 Å². The average molecular weight is 340 g/mol. The summed E-state index contributed by atoms with van der Waals surface area (Å²) in [5.74, 6) is 0. The molecule has 0 amide bonds. The van der Waals surface area contributed by atoms with E-state index >= 15 is 0 Å². The van der Waals surface area contributed by atoms with E-state index in [1.54, 1.807) is 24.7 Å². The third-order valence-corrected chi connectivity index (χ3v) is 5.48. The molecule has 3 aromatic rings. The highest BCUT2D eigenvalue weighted by molar-refractivity contribution is 8.17. The zero-order chi connectivity index (χ0) is 15.9. The summed E-state index contributed by atoms with van der Waals surface area (Å²) in [6.45, 7) is 0. The molecule has 116 valence electrons. The SMILES string of the molecule is [O-]C(c1ccccn1)C(Sc1ccccn1)Sc1ccccn1. The fraction of sp³-hybridized carbons (Fsp3) is 0.118. The molecule has 0 aliphatic rings. The summed E-state index contributed by atoms with van der Waals surface area (Å²) < 4.78 is -0.310. The second-order valence-electron chi connectivity index (χ2n) is 4.62. The molecule has 4 nitrogen and oxygen atoms in total. The van der Waals surface area contributed by atoms with Gasteiger partial charge in [-0.15, -0.1) is 0 Å². The van der Waals surface area contributed by atoms with Gasteiger partial charge in [0.2, 0.25) is 0 Å². The van der Waals surface area contributed by atoms with Crippen LogP contribution in [0.15, 0.2) is 83.2 Å². The predicted molar refractivity (Wildman–Crippen MR) is 91.0 cm³/mol. The highest BCUT2D eigenvalue weighted by Gasteiger charge is 2.19. The lowest BCUT2D eigenvalue weighted by molar-refractivity contribution is -0.422. The van der Waals surface area contributed by atoms with Crippen LogP contribution in [0, 0.1) is 0 Å². The topological polar surface area (TPSA) is 61.7 Å². The normalized spacial score (nSPS) is 12.3. The Balaban J connectivity index is 1.83. The van der Waals surface area contributed by atoms with Gasteiger partial charge in [0.15, 0.2) is 0 Å². The molecular weight excluding hydrogens is 326 g/mol. The third kappa shape index (κ3) is 4.54. The molecule has 0 radical (unpaired) electrons. The van der Waals surface area contributed by atoms with Crippen molar-refractivity contribution in [1.29, 1.82) is 0 Å². The Morgan fingerprint density at radius 2 is 1.22 bits per heavy atom. The lowest BCUT2D eigenvalue weighted by Crippen LogP contribution is -2.26. The molecule has 0 N–H and O–H groups in total. The van der Waals surface area contributed by atoms with Gasteiger partial charge in [0.05, 0.1) is 14.6 Å². The van der Waals surface area contributed by atoms with Gasteiger partial charge in [0, 0.05) is 24.3 Å². The van der Waals surface area contributed by atoms with E-state index < -0.39 is 6.10 Å². The Hall–Kier alpha value is -1.89. The third-order valence-electron chi connectivity index (χ3n) is 2.98. The first-order valence-electron chi connectivity index (χ1n) is 7.05. The van der Waals surface area contributed by atoms with Crippen LogP contribution in [0.3, 0.4) is 0 Å². The summed E-state index contributed by atoms with van der Waals surface area (Å²) in [6.07, 6.45) is 4.13. The van der Waals surface area contributed by atoms with Crippen LogP contribution in [-0.2, 0) is 0 Å². The van der Waals surface area contributed by atoms with E-state index in [-0.39, 0.29) is 4.58 Å². The largest absolute Gasteiger partial charge is 0.846 e. The van der Waals surface area contributed by atoms with Crippen molar-refractivity contribution >= 4 is 23.5 Å². The molecule has 1 unspecified atom stereocenters. The highest BCUT2D eigenvalue weighted by Crippen LogP contribution is 2.39. The standard InChI is InChI=1S/C17H14N3OS2/c21-16(13-7-1-4-10-18-13)17(22-14-8-2-5-11-19-14)23-15-9-3-6-12-20-15/h1-12,16-17H/q-1. The first-order chi connectivity index (χ1) is 11.3. The van der Waals surface area contributed by atoms with Crippen molar-refractivity contribution in [3.05, 3.63) is 78.9 Å². The second kappa shape index (κ2) is 8.10. The Bertz CT molecular complexity index is 672. The Kier molecular flexibility index (Phi) is 5.63. The minimum Gasteiger partial charge on any atom is -0.846 e. The van der Waals surface area contributed by atoms with E-state index in [2.05, 4.69) is 15.0 Å². The van der Waals surface area contributed by atoms with Crippen LogP contribution in [0.2, 0.25) is 0 Å². The molecule has 0 spiro atoms. The molecule has 0 aliphatic heterocycles. The minimum atomic E-state index is -0.977. The second-order valence-corrected chi connectivity index (χ2v) is 7.24. The van der Waals surface area contributed by atoms with Crippen LogP contribution in [0.1, 0.15) is 11.8 Å². The molecule has 0 saturated carbocycles. The average Bonchev–Trinajstić information content (AvgIpc) is 2.63. The number of thioether (sulfide) groups is 2. The fourth-order valence-corrected chi connectivity index (χ4v) is 4.25. The zero-order valence-electron chi connectivity index (χ0n) is 12.1. The maximum Gasteiger partial charge on any atom is 0.0970 e. The van der Waals surface area contributed by atoms with E-state index in [0.29, 0.717) is 5.69 Å². The maximum absolute atomic E-state index is 12.9. The number of aromatic nitrogens is 3. The minimum absolute atomic E-state index is 0.310. The molecule has 23 heavy (non-hydrogen) atoms. The Morgan fingerprint density at radius 3 is 1.65 bits per heavy atom. The molecule has 0 aromatic carbocycles. The zero-order valence-corrected chi connectivity index (χ0v) is 13.8. The van der Waals surface area contributed by atoms with Crippen molar-refractivity contribution in [3.8, 4) is 0 Å². The van der Waals surface area contributed by atoms with Gasteiger partial charge in [-0.1, -0.05) is 47.8 Å². The van der Waals surface area contributed by atoms with Crippen LogP contribution in [0.5, 0.6) is 0 Å². The van der Waals surface area contributed by atoms with Crippen molar-refractivity contribution in [2.75, 3.05) is 0 Å². The molecule has 6 heteroatoms. The van der Waals surface area contributed by atoms with E-state index in [1.165, 1.54) is 23.5 Å². The van der Waals surface area contributed by atoms with Gasteiger partial charge >= 0.3 is 0 Å². The van der Waals surface area contributed by atoms with Crippen LogP contribution >= 0.6 is 23.5 Å². The first kappa shape index (κ1) is 16.0. The number of hydrogen-bond donors (Lipinski definition) is 0. The van der Waals surface area contributed by atoms with Crippen LogP contribution in [-0.4, -0.2) is 19.5 Å². The van der Waals surface area contributed by atoms with Crippen molar-refractivity contribution in [1.82, 2.24) is 15.0 Å². The molecule has 0 bridgehead atoms. The summed E-state index contributed by atoms with van der Waals surface area (Å²) in [6, 6.07) is 16.8. The van der Waals surface area contributed by atoms with Crippen LogP contribution in [0.25, 0.3) is 0 Å². The summed E-state index contributed by atoms with van der Waals surface area (Å²) in [7, 11) is 0. The fourth-order valence-electron chi connectivity index (χ4n) is 1.90. The Morgan fingerprint density at radius 1 is 0.696 bits per heavy atom. The van der Waals surface area contributed by atoms with Crippen molar-refractivity contribution in [3.63, 3.8) is 0 Å². The predicted octanol–water partition coefficient (Wildman–Crippen LogP) is 3.18. The van der Waals surface area contributed by atoms with E-state index in [9.17, 15) is 5.11 Å². The maximum atomic E-state index is 12.9. The van der Waals surface area contributed by atoms with E-state index in [1.807, 2.05) is 48.5 Å². The summed E-state index contributed by atoms with van der Waals surface area (Å²) in [5, 5.41) is 14.5. The number of nitrogens with zero attached hydrogens (tertiary/aromatic N) is 3. The quantitative estimate of drug-likeness (QED) is 0.507. The number of pyridine rings is 3. The molecule has 3 rings (SSSR count). The molecule has 0 aliphatic carbocycles. The Labute approximate surface area is 143 Å². The van der Waals surface area contributed by atoms with Crippen molar-refractivity contribution < 1.29 is 5.11 Å². The molecule has 0 saturated heterocycles. The van der Waals surface area contributed by atoms with Gasteiger partial charge < -0.3 is 5.11 Å². The van der Waals surface area contributed by atoms with Gasteiger partial charge in [-0.3, -0.25) is 4.98 Å². The molecule has 3 heterocycles. The van der Waals surface area contributed by atoms with E-state index in [4.69, 9.17) is 0 Å². The van der Waals surface area contributed by atoms with Crippen LogP contribution < -0.4 is 5.11 Å². The monoisotopic (exact) mass is 340 g/mol. The van der Waals surface area contributed by atoms with Gasteiger partial charge in [-0.05, 0) is 36.4 Å². The molecule has 3 aromatic heterocycles. The van der Waals surface area contributed by atoms with Gasteiger partial charge in [0.25, 0.3) is 0 Å². The first-order valence-corrected chi connectivity index (χ1v) is 8.81. The molecular formula is C17H14N3OS2-. The van der Waals surface area contributed by atoms with Crippen LogP contribution in [0.4, 0.5) is 0 Å². The summed E-state index contributed by atoms with van der Waals surface area (Å²) in [4.78, 5) is 12.8. The number of rotatable bonds is 6. The van der Waals surface area contributed by atoms with Gasteiger partial charge in [-0.25, -0.2) is 9.97 Å². The summed E-state index contributed by atoms with van der Waals surface area (Å²) in [5.41, 5.74) is 0.532. The lowest BCUT2D eigenvalue weighted by Gasteiger charge is -2.30. The summed E-state index contributed by atoms with van der Waals surface area (Å²) >= 11 is 2.89. The van der Waals surface area contributed by atoms with Crippen molar-refractivity contribution in [2.24, 2.45) is 0 Å². The molecule has 0 fully saturated rings. The lowest BCUT2D eigenvalue weighted by atomic mass is 10.2. The van der Waals surface area contributed by atoms with Gasteiger partial charge in [-0.2, -0.15) is 0 Å². The van der Waals surface area contributed by atoms with E-state index in [0.717, 1.165) is 10.1 Å². The highest BCUT2D eigenvalue weighted by atomic mass is 32.2. The number of hydrogen-bond acceptors (Lipinski definition) is 6. The van der Waals surface area contributed by atoms with Crippen molar-refractivity contribution in [2.45, 2.75) is 20.7 Å².